The van der Waals surface area contributed by atoms with E-state index < -0.39 is 0 Å². The van der Waals surface area contributed by atoms with Crippen molar-refractivity contribution in [2.75, 3.05) is 26.3 Å². The van der Waals surface area contributed by atoms with E-state index in [-0.39, 0.29) is 11.4 Å². The molecule has 0 aromatic heterocycles. The van der Waals surface area contributed by atoms with Crippen molar-refractivity contribution in [1.29, 1.82) is 0 Å². The van der Waals surface area contributed by atoms with Crippen LogP contribution in [-0.2, 0) is 10.2 Å². The van der Waals surface area contributed by atoms with Crippen LogP contribution in [0.5, 0.6) is 0 Å². The van der Waals surface area contributed by atoms with Crippen LogP contribution in [0.4, 0.5) is 4.79 Å². The van der Waals surface area contributed by atoms with Crippen LogP contribution in [0, 0.1) is 0 Å². The predicted molar refractivity (Wildman–Crippen MR) is 89.1 cm³/mol. The Hall–Kier alpha value is -1.55. The lowest BCUT2D eigenvalue weighted by Crippen LogP contribution is -2.47. The van der Waals surface area contributed by atoms with E-state index in [1.54, 1.807) is 0 Å². The van der Waals surface area contributed by atoms with E-state index in [9.17, 15) is 4.79 Å². The van der Waals surface area contributed by atoms with Crippen LogP contribution < -0.4 is 10.6 Å². The van der Waals surface area contributed by atoms with Gasteiger partial charge in [0, 0.05) is 31.7 Å². The number of benzene rings is 1. The number of nitrogens with one attached hydrogen (secondary N) is 2. The maximum atomic E-state index is 12.0. The highest BCUT2D eigenvalue weighted by Crippen LogP contribution is 2.34. The zero-order valence-corrected chi connectivity index (χ0v) is 13.6. The van der Waals surface area contributed by atoms with E-state index in [1.807, 2.05) is 6.07 Å². The Kier molecular flexibility index (Phi) is 6.72. The summed E-state index contributed by atoms with van der Waals surface area (Å²) >= 11 is 0. The van der Waals surface area contributed by atoms with Gasteiger partial charge in [0.2, 0.25) is 0 Å². The number of rotatable bonds is 7. The summed E-state index contributed by atoms with van der Waals surface area (Å²) in [5.41, 5.74) is 1.30. The minimum atomic E-state index is -0.0575. The standard InChI is InChI=1S/C18H28N2O2/c1-2-3-7-12-19-17(21)20-15-18(10-13-22-14-11-18)16-8-5-4-6-9-16/h4-6,8-9H,2-3,7,10-15H2,1H3,(H2,19,20,21). The summed E-state index contributed by atoms with van der Waals surface area (Å²) in [5.74, 6) is 0. The van der Waals surface area contributed by atoms with Crippen molar-refractivity contribution in [3.8, 4) is 0 Å². The van der Waals surface area contributed by atoms with E-state index >= 15 is 0 Å². The molecule has 0 aliphatic carbocycles. The average molecular weight is 304 g/mol. The molecule has 1 fully saturated rings. The number of urea groups is 1. The predicted octanol–water partition coefficient (Wildman–Crippen LogP) is 3.22. The van der Waals surface area contributed by atoms with Gasteiger partial charge in [0.1, 0.15) is 0 Å². The van der Waals surface area contributed by atoms with Gasteiger partial charge in [-0.15, -0.1) is 0 Å². The average Bonchev–Trinajstić information content (AvgIpc) is 2.58. The second-order valence-electron chi connectivity index (χ2n) is 6.08. The van der Waals surface area contributed by atoms with Crippen LogP contribution in [0.1, 0.15) is 44.6 Å². The molecule has 0 saturated carbocycles. The van der Waals surface area contributed by atoms with Crippen LogP contribution >= 0.6 is 0 Å². The molecule has 1 aliphatic rings. The molecule has 0 unspecified atom stereocenters. The molecule has 2 amide bonds. The van der Waals surface area contributed by atoms with Gasteiger partial charge in [0.15, 0.2) is 0 Å². The number of hydrogen-bond donors (Lipinski definition) is 2. The summed E-state index contributed by atoms with van der Waals surface area (Å²) < 4.78 is 5.52. The van der Waals surface area contributed by atoms with Gasteiger partial charge in [-0.25, -0.2) is 4.79 Å². The number of amides is 2. The lowest BCUT2D eigenvalue weighted by molar-refractivity contribution is 0.0507. The first-order chi connectivity index (χ1) is 10.8. The lowest BCUT2D eigenvalue weighted by Gasteiger charge is -2.38. The number of ether oxygens (including phenoxy) is 1. The van der Waals surface area contributed by atoms with E-state index in [0.717, 1.165) is 45.4 Å². The van der Waals surface area contributed by atoms with Gasteiger partial charge < -0.3 is 15.4 Å². The zero-order valence-electron chi connectivity index (χ0n) is 13.6. The molecular weight excluding hydrogens is 276 g/mol. The summed E-state index contributed by atoms with van der Waals surface area (Å²) in [6.07, 6.45) is 5.27. The molecule has 2 rings (SSSR count). The van der Waals surface area contributed by atoms with Crippen molar-refractivity contribution in [2.45, 2.75) is 44.4 Å². The van der Waals surface area contributed by atoms with Crippen molar-refractivity contribution in [2.24, 2.45) is 0 Å². The molecule has 2 N–H and O–H groups in total. The van der Waals surface area contributed by atoms with Crippen molar-refractivity contribution in [3.05, 3.63) is 35.9 Å². The van der Waals surface area contributed by atoms with Crippen molar-refractivity contribution in [1.82, 2.24) is 10.6 Å². The summed E-state index contributed by atoms with van der Waals surface area (Å²) in [6, 6.07) is 10.4. The molecule has 4 heteroatoms. The molecule has 0 spiro atoms. The fourth-order valence-electron chi connectivity index (χ4n) is 3.01. The van der Waals surface area contributed by atoms with Crippen molar-refractivity contribution in [3.63, 3.8) is 0 Å². The zero-order chi connectivity index (χ0) is 15.7. The Morgan fingerprint density at radius 1 is 1.14 bits per heavy atom. The van der Waals surface area contributed by atoms with Crippen LogP contribution in [0.15, 0.2) is 30.3 Å². The molecule has 0 radical (unpaired) electrons. The highest BCUT2D eigenvalue weighted by atomic mass is 16.5. The van der Waals surface area contributed by atoms with Gasteiger partial charge in [0.05, 0.1) is 0 Å². The smallest absolute Gasteiger partial charge is 0.314 e. The minimum absolute atomic E-state index is 0.000266. The maximum absolute atomic E-state index is 12.0. The molecule has 122 valence electrons. The second-order valence-corrected chi connectivity index (χ2v) is 6.08. The van der Waals surface area contributed by atoms with Crippen molar-refractivity contribution < 1.29 is 9.53 Å². The van der Waals surface area contributed by atoms with Crippen LogP contribution in [-0.4, -0.2) is 32.3 Å². The lowest BCUT2D eigenvalue weighted by atomic mass is 9.74. The Morgan fingerprint density at radius 3 is 2.55 bits per heavy atom. The van der Waals surface area contributed by atoms with Gasteiger partial charge in [-0.1, -0.05) is 50.1 Å². The van der Waals surface area contributed by atoms with Gasteiger partial charge in [-0.2, -0.15) is 0 Å². The quantitative estimate of drug-likeness (QED) is 0.760. The topological polar surface area (TPSA) is 50.4 Å². The molecule has 1 aliphatic heterocycles. The number of unbranched alkanes of at least 4 members (excludes halogenated alkanes) is 2. The highest BCUT2D eigenvalue weighted by Gasteiger charge is 2.34. The van der Waals surface area contributed by atoms with Gasteiger partial charge >= 0.3 is 6.03 Å². The summed E-state index contributed by atoms with van der Waals surface area (Å²) in [6.45, 7) is 5.10. The molecule has 1 saturated heterocycles. The maximum Gasteiger partial charge on any atom is 0.314 e. The van der Waals surface area contributed by atoms with Gasteiger partial charge in [0.25, 0.3) is 0 Å². The molecular formula is C18H28N2O2. The summed E-state index contributed by atoms with van der Waals surface area (Å²) in [7, 11) is 0. The fraction of sp³-hybridized carbons (Fsp3) is 0.611. The van der Waals surface area contributed by atoms with Gasteiger partial charge in [-0.05, 0) is 24.8 Å². The third-order valence-corrected chi connectivity index (χ3v) is 4.49. The van der Waals surface area contributed by atoms with E-state index in [4.69, 9.17) is 4.74 Å². The Morgan fingerprint density at radius 2 is 1.86 bits per heavy atom. The Labute approximate surface area is 133 Å². The number of carbonyl (C=O) groups excluding carboxylic acids is 1. The van der Waals surface area contributed by atoms with Crippen LogP contribution in [0.25, 0.3) is 0 Å². The summed E-state index contributed by atoms with van der Waals surface area (Å²) in [5, 5.41) is 6.01. The van der Waals surface area contributed by atoms with Crippen LogP contribution in [0.2, 0.25) is 0 Å². The monoisotopic (exact) mass is 304 g/mol. The first-order valence-electron chi connectivity index (χ1n) is 8.42. The molecule has 22 heavy (non-hydrogen) atoms. The second kappa shape index (κ2) is 8.79. The van der Waals surface area contributed by atoms with Crippen LogP contribution in [0.3, 0.4) is 0 Å². The Balaban J connectivity index is 1.89. The third kappa shape index (κ3) is 4.73. The Bertz CT molecular complexity index is 442. The molecule has 1 aromatic rings. The molecule has 0 atom stereocenters. The minimum Gasteiger partial charge on any atom is -0.381 e. The third-order valence-electron chi connectivity index (χ3n) is 4.49. The number of hydrogen-bond acceptors (Lipinski definition) is 2. The first kappa shape index (κ1) is 16.8. The molecule has 1 heterocycles. The fourth-order valence-corrected chi connectivity index (χ4v) is 3.01. The number of carbonyl (C=O) groups is 1. The normalized spacial score (nSPS) is 17.0. The molecule has 1 aromatic carbocycles. The molecule has 0 bridgehead atoms. The van der Waals surface area contributed by atoms with E-state index in [0.29, 0.717) is 6.54 Å². The first-order valence-corrected chi connectivity index (χ1v) is 8.42. The van der Waals surface area contributed by atoms with E-state index in [2.05, 4.69) is 41.8 Å². The highest BCUT2D eigenvalue weighted by molar-refractivity contribution is 5.73. The van der Waals surface area contributed by atoms with Crippen molar-refractivity contribution >= 4 is 6.03 Å². The van der Waals surface area contributed by atoms with Gasteiger partial charge in [-0.3, -0.25) is 0 Å². The molecule has 4 nitrogen and oxygen atoms in total. The van der Waals surface area contributed by atoms with E-state index in [1.165, 1.54) is 12.0 Å². The largest absolute Gasteiger partial charge is 0.381 e. The SMILES string of the molecule is CCCCCNC(=O)NCC1(c2ccccc2)CCOCC1. The summed E-state index contributed by atoms with van der Waals surface area (Å²) in [4.78, 5) is 12.0.